The summed E-state index contributed by atoms with van der Waals surface area (Å²) in [6.07, 6.45) is 19.7. The fraction of sp³-hybridized carbons (Fsp3) is 0.681. The second-order valence-electron chi connectivity index (χ2n) is 20.4. The van der Waals surface area contributed by atoms with Crippen LogP contribution in [0.3, 0.4) is 0 Å². The van der Waals surface area contributed by atoms with Crippen LogP contribution in [-0.2, 0) is 9.47 Å². The average molecular weight is 1010 g/mol. The fourth-order valence-corrected chi connectivity index (χ4v) is 8.66. The maximum absolute atomic E-state index is 11.9. The Balaban J connectivity index is 0.000000233. The monoisotopic (exact) mass is 1010 g/mol. The van der Waals surface area contributed by atoms with E-state index in [0.29, 0.717) is 11.6 Å². The molecule has 8 atom stereocenters. The topological polar surface area (TPSA) is 399 Å². The van der Waals surface area contributed by atoms with Crippen molar-refractivity contribution in [2.45, 2.75) is 204 Å². The molecule has 0 radical (unpaired) electrons. The van der Waals surface area contributed by atoms with Crippen molar-refractivity contribution in [3.05, 3.63) is 79.7 Å². The molecule has 0 aliphatic heterocycles. The highest BCUT2D eigenvalue weighted by Gasteiger charge is 2.29. The summed E-state index contributed by atoms with van der Waals surface area (Å²) in [5.41, 5.74) is 43.2. The number of nitrogens with zero attached hydrogens (tertiary/aromatic N) is 14. The summed E-state index contributed by atoms with van der Waals surface area (Å²) in [6, 6.07) is 7.13. The number of rotatable bonds is 11. The number of alkyl carbamates (subject to hydrolysis) is 2. The van der Waals surface area contributed by atoms with E-state index in [4.69, 9.17) is 43.3 Å². The van der Waals surface area contributed by atoms with Crippen LogP contribution in [0, 0.1) is 0 Å². The molecule has 2 aromatic heterocycles. The standard InChI is InChI=1S/C19H21N11O.C11H20N4O2.C11H22N2O2.C6H12N4/c20-17(31)14-11-22-19(26-15-6-1-2-7-16(15)28-29-21)27-18(14)25-12-4-3-5-13(10-12)30-23-8-9-24-30;1-11(2,3)17-10(16)13-8-6-4-5-7-9(8)14-15-12;1-11(2,3)15-10(14)13-9-7-5-4-6-8(9)12;7-5-3-1-2-4-6(5)9-10-8/h3-5,8-11,15-16H,1-2,6-7H2,(H2,20,31)(H2,22,25,26,27);8-9H,4-7H2,1-3H3,(H,13,16);8-9H,4-7,12H2,1-3H3,(H,13,14);5-6H,1-4,7H2/t15-,16+;2*8-,9+;5-,6+/m1101/s1. The molecule has 0 spiro atoms. The number of azide groups is 3. The zero-order valence-corrected chi connectivity index (χ0v) is 43.0. The summed E-state index contributed by atoms with van der Waals surface area (Å²) in [5.74, 6) is -0.0577. The third-order valence-electron chi connectivity index (χ3n) is 12.2. The van der Waals surface area contributed by atoms with E-state index in [0.717, 1.165) is 102 Å². The molecule has 26 heteroatoms. The van der Waals surface area contributed by atoms with Crippen LogP contribution in [0.5, 0.6) is 0 Å². The third-order valence-corrected chi connectivity index (χ3v) is 12.2. The zero-order chi connectivity index (χ0) is 53.4. The average Bonchev–Trinajstić information content (AvgIpc) is 3.88. The van der Waals surface area contributed by atoms with Gasteiger partial charge in [0.15, 0.2) is 0 Å². The summed E-state index contributed by atoms with van der Waals surface area (Å²) in [6.45, 7) is 11.0. The number of carbonyl (C=O) groups excluding carboxylic acids is 3. The van der Waals surface area contributed by atoms with Gasteiger partial charge in [-0.15, -0.1) is 0 Å². The number of nitrogens with one attached hydrogen (secondary N) is 4. The molecule has 398 valence electrons. The van der Waals surface area contributed by atoms with Crippen LogP contribution in [0.25, 0.3) is 37.0 Å². The number of hydrogen-bond donors (Lipinski definition) is 7. The van der Waals surface area contributed by atoms with Crippen molar-refractivity contribution < 1.29 is 23.9 Å². The number of primary amides is 1. The highest BCUT2D eigenvalue weighted by Crippen LogP contribution is 2.27. The molecule has 2 heterocycles. The van der Waals surface area contributed by atoms with Gasteiger partial charge in [-0.2, -0.15) is 20.0 Å². The van der Waals surface area contributed by atoms with E-state index in [2.05, 4.69) is 71.5 Å². The predicted molar refractivity (Wildman–Crippen MR) is 278 cm³/mol. The number of amides is 3. The van der Waals surface area contributed by atoms with Crippen LogP contribution in [0.15, 0.2) is 58.2 Å². The number of nitrogens with two attached hydrogens (primary N) is 3. The molecule has 26 nitrogen and oxygen atoms in total. The number of aromatic nitrogens is 5. The SMILES string of the molecule is CC(C)(C)OC(=O)N[C@@H]1CCCC[C@@H]1N.CC(C)(C)OC(=O)N[C@@H]1CCCC[C@@H]1N=[N+]=[N-].[N-]=[N+]=N[C@H]1CCCC[C@H]1N.[N-]=[N+]=N[C@H]1CCCC[C@H]1Nc1ncc(C(N)=O)c(Nc2cccc(-n3nccn3)c2)n1. The molecule has 4 fully saturated rings. The summed E-state index contributed by atoms with van der Waals surface area (Å²) < 4.78 is 10.4. The summed E-state index contributed by atoms with van der Waals surface area (Å²) in [7, 11) is 0. The number of ether oxygens (including phenoxy) is 2. The first-order valence-electron chi connectivity index (χ1n) is 25.1. The Morgan fingerprint density at radius 1 is 0.671 bits per heavy atom. The lowest BCUT2D eigenvalue weighted by Crippen LogP contribution is -2.50. The van der Waals surface area contributed by atoms with Crippen LogP contribution >= 0.6 is 0 Å². The molecular weight excluding hydrogens is 939 g/mol. The molecule has 4 aliphatic carbocycles. The van der Waals surface area contributed by atoms with Crippen molar-refractivity contribution in [3.8, 4) is 5.69 Å². The molecule has 1 aromatic carbocycles. The van der Waals surface area contributed by atoms with Crippen LogP contribution in [-0.4, -0.2) is 103 Å². The lowest BCUT2D eigenvalue weighted by atomic mass is 9.91. The first-order valence-corrected chi connectivity index (χ1v) is 25.1. The maximum Gasteiger partial charge on any atom is 0.407 e. The fourth-order valence-electron chi connectivity index (χ4n) is 8.66. The van der Waals surface area contributed by atoms with Gasteiger partial charge in [-0.1, -0.05) is 72.8 Å². The molecular formula is C47H75N21O5. The van der Waals surface area contributed by atoms with Gasteiger partial charge in [0.25, 0.3) is 5.91 Å². The Bertz CT molecular complexity index is 2360. The van der Waals surface area contributed by atoms with E-state index < -0.39 is 23.2 Å². The molecule has 4 aliphatic rings. The number of hydrogen-bond acceptors (Lipinski definition) is 16. The molecule has 0 bridgehead atoms. The first kappa shape index (κ1) is 58.5. The lowest BCUT2D eigenvalue weighted by Gasteiger charge is -2.30. The Morgan fingerprint density at radius 2 is 1.15 bits per heavy atom. The Morgan fingerprint density at radius 3 is 1.68 bits per heavy atom. The van der Waals surface area contributed by atoms with Gasteiger partial charge in [0.1, 0.15) is 22.6 Å². The van der Waals surface area contributed by atoms with E-state index in [-0.39, 0.29) is 65.8 Å². The second-order valence-corrected chi connectivity index (χ2v) is 20.4. The van der Waals surface area contributed by atoms with Crippen molar-refractivity contribution in [3.63, 3.8) is 0 Å². The molecule has 0 unspecified atom stereocenters. The highest BCUT2D eigenvalue weighted by molar-refractivity contribution is 5.98. The van der Waals surface area contributed by atoms with Gasteiger partial charge in [0.05, 0.1) is 36.2 Å². The predicted octanol–water partition coefficient (Wildman–Crippen LogP) is 9.41. The van der Waals surface area contributed by atoms with Gasteiger partial charge in [-0.05, 0) is 128 Å². The largest absolute Gasteiger partial charge is 0.444 e. The smallest absolute Gasteiger partial charge is 0.407 e. The van der Waals surface area contributed by atoms with Crippen LogP contribution in [0.4, 0.5) is 27.0 Å². The molecule has 4 saturated carbocycles. The second kappa shape index (κ2) is 29.4. The van der Waals surface area contributed by atoms with Crippen molar-refractivity contribution in [2.75, 3.05) is 10.6 Å². The molecule has 3 aromatic rings. The molecule has 73 heavy (non-hydrogen) atoms. The van der Waals surface area contributed by atoms with Crippen LogP contribution in [0.2, 0.25) is 0 Å². The summed E-state index contributed by atoms with van der Waals surface area (Å²) in [4.78, 5) is 53.7. The van der Waals surface area contributed by atoms with Crippen molar-refractivity contribution in [1.29, 1.82) is 0 Å². The van der Waals surface area contributed by atoms with E-state index in [9.17, 15) is 14.4 Å². The highest BCUT2D eigenvalue weighted by atomic mass is 16.6. The van der Waals surface area contributed by atoms with Gasteiger partial charge in [0, 0.05) is 56.8 Å². The van der Waals surface area contributed by atoms with Gasteiger partial charge in [0.2, 0.25) is 5.95 Å². The minimum absolute atomic E-state index is 0.0544. The zero-order valence-electron chi connectivity index (χ0n) is 43.0. The number of benzene rings is 1. The molecule has 0 saturated heterocycles. The van der Waals surface area contributed by atoms with Gasteiger partial charge in [-0.3, -0.25) is 4.79 Å². The Labute approximate surface area is 426 Å². The third kappa shape index (κ3) is 21.3. The van der Waals surface area contributed by atoms with E-state index in [1.165, 1.54) is 17.4 Å². The number of anilines is 3. The van der Waals surface area contributed by atoms with Crippen molar-refractivity contribution in [1.82, 2.24) is 35.6 Å². The van der Waals surface area contributed by atoms with Crippen LogP contribution < -0.4 is 38.5 Å². The molecule has 7 rings (SSSR count). The maximum atomic E-state index is 11.9. The Kier molecular flexibility index (Phi) is 23.6. The lowest BCUT2D eigenvalue weighted by molar-refractivity contribution is 0.0474. The van der Waals surface area contributed by atoms with E-state index >= 15 is 0 Å². The molecule has 10 N–H and O–H groups in total. The molecule has 3 amide bonds. The van der Waals surface area contributed by atoms with Crippen molar-refractivity contribution >= 4 is 35.5 Å². The number of carbonyl (C=O) groups is 3. The van der Waals surface area contributed by atoms with Crippen LogP contribution in [0.1, 0.15) is 155 Å². The van der Waals surface area contributed by atoms with Gasteiger partial charge < -0.3 is 47.9 Å². The minimum Gasteiger partial charge on any atom is -0.444 e. The van der Waals surface area contributed by atoms with E-state index in [1.54, 1.807) is 12.4 Å². The Hall–Kier alpha value is -7.10. The summed E-state index contributed by atoms with van der Waals surface area (Å²) in [5, 5.41) is 31.5. The minimum atomic E-state index is -0.649. The van der Waals surface area contributed by atoms with Crippen molar-refractivity contribution in [2.24, 2.45) is 32.5 Å². The first-order chi connectivity index (χ1) is 34.8. The van der Waals surface area contributed by atoms with E-state index in [1.807, 2.05) is 65.8 Å². The summed E-state index contributed by atoms with van der Waals surface area (Å²) >= 11 is 0. The van der Waals surface area contributed by atoms with Gasteiger partial charge >= 0.3 is 12.2 Å². The van der Waals surface area contributed by atoms with Gasteiger partial charge in [-0.25, -0.2) is 14.6 Å². The quantitative estimate of drug-likeness (QED) is 0.0535. The normalized spacial score (nSPS) is 23.5.